The van der Waals surface area contributed by atoms with Gasteiger partial charge < -0.3 is 14.6 Å². The van der Waals surface area contributed by atoms with Crippen LogP contribution >= 0.6 is 0 Å². The van der Waals surface area contributed by atoms with E-state index in [1.807, 2.05) is 25.7 Å². The lowest BCUT2D eigenvalue weighted by atomic mass is 9.76. The molecule has 2 heterocycles. The molecule has 0 bridgehead atoms. The Hall–Kier alpha value is -1.85. The zero-order chi connectivity index (χ0) is 14.9. The fraction of sp³-hybridized carbons (Fsp3) is 0.643. The van der Waals surface area contributed by atoms with E-state index in [2.05, 4.69) is 4.98 Å². The van der Waals surface area contributed by atoms with Gasteiger partial charge in [-0.1, -0.05) is 13.8 Å². The molecule has 1 N–H and O–H groups in total. The molecule has 0 amide bonds. The third-order valence-electron chi connectivity index (χ3n) is 4.37. The van der Waals surface area contributed by atoms with Crippen LogP contribution < -0.4 is 10.5 Å². The molecule has 1 aromatic heterocycles. The summed E-state index contributed by atoms with van der Waals surface area (Å²) in [6, 6.07) is 0. The molecule has 1 aromatic rings. The Morgan fingerprint density at radius 1 is 1.55 bits per heavy atom. The molecule has 20 heavy (non-hydrogen) atoms. The maximum Gasteiger partial charge on any atom is 0.311 e. The van der Waals surface area contributed by atoms with Crippen LogP contribution in [0.15, 0.2) is 17.2 Å². The van der Waals surface area contributed by atoms with Gasteiger partial charge in [0.05, 0.1) is 5.41 Å². The van der Waals surface area contributed by atoms with Crippen molar-refractivity contribution in [2.45, 2.75) is 33.7 Å². The van der Waals surface area contributed by atoms with Gasteiger partial charge in [-0.25, -0.2) is 4.98 Å². The van der Waals surface area contributed by atoms with Crippen molar-refractivity contribution in [2.24, 2.45) is 11.3 Å². The fourth-order valence-electron chi connectivity index (χ4n) is 2.81. The molecule has 0 aliphatic carbocycles. The number of carboxylic acids is 1. The molecule has 1 aliphatic heterocycles. The minimum Gasteiger partial charge on any atom is -0.481 e. The van der Waals surface area contributed by atoms with Gasteiger partial charge in [0, 0.05) is 32.0 Å². The Bertz CT molecular complexity index is 567. The summed E-state index contributed by atoms with van der Waals surface area (Å²) in [7, 11) is 0. The van der Waals surface area contributed by atoms with Crippen molar-refractivity contribution in [3.8, 4) is 0 Å². The van der Waals surface area contributed by atoms with Crippen molar-refractivity contribution >= 4 is 11.8 Å². The molecule has 1 fully saturated rings. The molecular formula is C14H21N3O3. The quantitative estimate of drug-likeness (QED) is 0.896. The highest BCUT2D eigenvalue weighted by atomic mass is 16.4. The lowest BCUT2D eigenvalue weighted by molar-refractivity contribution is -0.150. The molecule has 1 aliphatic rings. The number of nitrogens with zero attached hydrogens (tertiary/aromatic N) is 3. The Kier molecular flexibility index (Phi) is 3.83. The highest BCUT2D eigenvalue weighted by Crippen LogP contribution is 2.38. The first-order valence-electron chi connectivity index (χ1n) is 6.96. The predicted molar refractivity (Wildman–Crippen MR) is 75.9 cm³/mol. The van der Waals surface area contributed by atoms with E-state index < -0.39 is 11.4 Å². The second kappa shape index (κ2) is 5.26. The summed E-state index contributed by atoms with van der Waals surface area (Å²) in [5, 5.41) is 9.54. The minimum atomic E-state index is -0.791. The van der Waals surface area contributed by atoms with Gasteiger partial charge in [0.25, 0.3) is 5.56 Å². The first-order chi connectivity index (χ1) is 9.42. The first kappa shape index (κ1) is 14.6. The van der Waals surface area contributed by atoms with Crippen molar-refractivity contribution in [1.29, 1.82) is 0 Å². The van der Waals surface area contributed by atoms with Crippen LogP contribution in [0.2, 0.25) is 0 Å². The van der Waals surface area contributed by atoms with Gasteiger partial charge in [0.15, 0.2) is 5.82 Å². The molecule has 1 unspecified atom stereocenters. The minimum absolute atomic E-state index is 0.0158. The first-order valence-corrected chi connectivity index (χ1v) is 6.96. The smallest absolute Gasteiger partial charge is 0.311 e. The number of carboxylic acid groups (broad SMARTS) is 1. The van der Waals surface area contributed by atoms with E-state index in [1.165, 1.54) is 0 Å². The van der Waals surface area contributed by atoms with Crippen molar-refractivity contribution < 1.29 is 9.90 Å². The van der Waals surface area contributed by atoms with Gasteiger partial charge in [-0.3, -0.25) is 9.59 Å². The number of aliphatic carboxylic acids is 1. The standard InChI is InChI=1S/C14H21N3O3/c1-4-16-8-6-15-11(12(16)18)17-7-5-14(9-17,10(2)3)13(19)20/h6,8,10H,4-5,7,9H2,1-3H3,(H,19,20). The molecular weight excluding hydrogens is 258 g/mol. The number of aryl methyl sites for hydroxylation is 1. The van der Waals surface area contributed by atoms with Crippen LogP contribution in [0.25, 0.3) is 0 Å². The zero-order valence-corrected chi connectivity index (χ0v) is 12.2. The molecule has 0 radical (unpaired) electrons. The Balaban J connectivity index is 2.34. The van der Waals surface area contributed by atoms with Gasteiger partial charge in [0.1, 0.15) is 0 Å². The Morgan fingerprint density at radius 3 is 2.75 bits per heavy atom. The van der Waals surface area contributed by atoms with Gasteiger partial charge in [-0.15, -0.1) is 0 Å². The largest absolute Gasteiger partial charge is 0.481 e. The van der Waals surface area contributed by atoms with Crippen molar-refractivity contribution in [3.63, 3.8) is 0 Å². The number of anilines is 1. The van der Waals surface area contributed by atoms with E-state index >= 15 is 0 Å². The third kappa shape index (κ3) is 2.19. The average molecular weight is 279 g/mol. The summed E-state index contributed by atoms with van der Waals surface area (Å²) < 4.78 is 1.58. The Labute approximate surface area is 118 Å². The van der Waals surface area contributed by atoms with Gasteiger partial charge >= 0.3 is 5.97 Å². The molecule has 0 saturated carbocycles. The number of hydrogen-bond acceptors (Lipinski definition) is 4. The lowest BCUT2D eigenvalue weighted by Crippen LogP contribution is -2.40. The molecule has 6 heteroatoms. The summed E-state index contributed by atoms with van der Waals surface area (Å²) in [4.78, 5) is 29.8. The summed E-state index contributed by atoms with van der Waals surface area (Å²) in [6.45, 7) is 7.21. The molecule has 110 valence electrons. The van der Waals surface area contributed by atoms with E-state index in [1.54, 1.807) is 17.0 Å². The molecule has 2 rings (SSSR count). The molecule has 0 aromatic carbocycles. The van der Waals surface area contributed by atoms with E-state index in [4.69, 9.17) is 0 Å². The maximum absolute atomic E-state index is 12.2. The number of aromatic nitrogens is 2. The van der Waals surface area contributed by atoms with Crippen LogP contribution in [0.5, 0.6) is 0 Å². The normalized spacial score (nSPS) is 22.5. The lowest BCUT2D eigenvalue weighted by Gasteiger charge is -2.28. The van der Waals surface area contributed by atoms with Crippen LogP contribution in [0.3, 0.4) is 0 Å². The zero-order valence-electron chi connectivity index (χ0n) is 12.2. The van der Waals surface area contributed by atoms with Crippen molar-refractivity contribution in [3.05, 3.63) is 22.7 Å². The summed E-state index contributed by atoms with van der Waals surface area (Å²) in [6.07, 6.45) is 3.79. The molecule has 1 saturated heterocycles. The topological polar surface area (TPSA) is 75.4 Å². The van der Waals surface area contributed by atoms with Crippen LogP contribution in [0.4, 0.5) is 5.82 Å². The SMILES string of the molecule is CCn1ccnc(N2CCC(C(=O)O)(C(C)C)C2)c1=O. The van der Waals surface area contributed by atoms with Gasteiger partial charge in [-0.05, 0) is 19.3 Å². The van der Waals surface area contributed by atoms with Gasteiger partial charge in [-0.2, -0.15) is 0 Å². The van der Waals surface area contributed by atoms with E-state index in [0.29, 0.717) is 31.9 Å². The monoisotopic (exact) mass is 279 g/mol. The van der Waals surface area contributed by atoms with Crippen molar-refractivity contribution in [1.82, 2.24) is 9.55 Å². The Morgan fingerprint density at radius 2 is 2.25 bits per heavy atom. The number of hydrogen-bond donors (Lipinski definition) is 1. The van der Waals surface area contributed by atoms with E-state index in [9.17, 15) is 14.7 Å². The summed E-state index contributed by atoms with van der Waals surface area (Å²) in [5.74, 6) is -0.415. The fourth-order valence-corrected chi connectivity index (χ4v) is 2.81. The maximum atomic E-state index is 12.2. The second-order valence-corrected chi connectivity index (χ2v) is 5.63. The molecule has 1 atom stereocenters. The highest BCUT2D eigenvalue weighted by molar-refractivity contribution is 5.77. The second-order valence-electron chi connectivity index (χ2n) is 5.63. The third-order valence-corrected chi connectivity index (χ3v) is 4.37. The number of carbonyl (C=O) groups is 1. The number of rotatable bonds is 4. The average Bonchev–Trinajstić information content (AvgIpc) is 2.85. The van der Waals surface area contributed by atoms with Crippen LogP contribution in [-0.4, -0.2) is 33.7 Å². The summed E-state index contributed by atoms with van der Waals surface area (Å²) >= 11 is 0. The summed E-state index contributed by atoms with van der Waals surface area (Å²) in [5.41, 5.74) is -0.943. The van der Waals surface area contributed by atoms with Crippen LogP contribution in [-0.2, 0) is 11.3 Å². The molecule has 0 spiro atoms. The van der Waals surface area contributed by atoms with E-state index in [0.717, 1.165) is 0 Å². The van der Waals surface area contributed by atoms with Gasteiger partial charge in [0.2, 0.25) is 0 Å². The van der Waals surface area contributed by atoms with Crippen molar-refractivity contribution in [2.75, 3.05) is 18.0 Å². The van der Waals surface area contributed by atoms with Crippen LogP contribution in [0, 0.1) is 11.3 Å². The van der Waals surface area contributed by atoms with Crippen LogP contribution in [0.1, 0.15) is 27.2 Å². The van der Waals surface area contributed by atoms with E-state index in [-0.39, 0.29) is 11.5 Å². The highest BCUT2D eigenvalue weighted by Gasteiger charge is 2.48. The predicted octanol–water partition coefficient (Wildman–Crippen LogP) is 1.20. The molecule has 6 nitrogen and oxygen atoms in total.